The highest BCUT2D eigenvalue weighted by molar-refractivity contribution is 5.48. The van der Waals surface area contributed by atoms with Gasteiger partial charge in [-0.2, -0.15) is 4.98 Å². The van der Waals surface area contributed by atoms with Crippen molar-refractivity contribution in [2.24, 2.45) is 0 Å². The van der Waals surface area contributed by atoms with Crippen molar-refractivity contribution in [3.05, 3.63) is 22.2 Å². The molecule has 0 unspecified atom stereocenters. The second kappa shape index (κ2) is 6.24. The van der Waals surface area contributed by atoms with Gasteiger partial charge in [0.2, 0.25) is 0 Å². The third-order valence-corrected chi connectivity index (χ3v) is 3.28. The van der Waals surface area contributed by atoms with Crippen molar-refractivity contribution < 1.29 is 19.7 Å². The van der Waals surface area contributed by atoms with E-state index in [0.29, 0.717) is 5.56 Å². The Morgan fingerprint density at radius 2 is 2.33 bits per heavy atom. The molecule has 1 aliphatic heterocycles. The molecule has 8 nitrogen and oxygen atoms in total. The lowest BCUT2D eigenvalue weighted by Gasteiger charge is -2.20. The van der Waals surface area contributed by atoms with Crippen LogP contribution in [0.5, 0.6) is 0 Å². The molecule has 1 fully saturated rings. The van der Waals surface area contributed by atoms with Crippen LogP contribution in [0.25, 0.3) is 0 Å². The van der Waals surface area contributed by atoms with Crippen LogP contribution in [0.15, 0.2) is 11.0 Å². The predicted molar refractivity (Wildman–Crippen MR) is 73.3 cm³/mol. The number of ether oxygens (including phenoxy) is 2. The zero-order valence-electron chi connectivity index (χ0n) is 11.7. The minimum Gasteiger partial charge on any atom is -0.394 e. The van der Waals surface area contributed by atoms with Crippen molar-refractivity contribution in [3.8, 4) is 11.8 Å². The number of aliphatic hydroxyl groups is 2. The summed E-state index contributed by atoms with van der Waals surface area (Å²) >= 11 is 0. The van der Waals surface area contributed by atoms with Crippen LogP contribution in [0.2, 0.25) is 0 Å². The summed E-state index contributed by atoms with van der Waals surface area (Å²) in [5, 5.41) is 19.2. The number of methoxy groups -OCH3 is 1. The van der Waals surface area contributed by atoms with Crippen LogP contribution in [0.1, 0.15) is 18.7 Å². The molecule has 0 aliphatic carbocycles. The molecule has 21 heavy (non-hydrogen) atoms. The van der Waals surface area contributed by atoms with E-state index in [1.807, 2.05) is 0 Å². The van der Waals surface area contributed by atoms with Gasteiger partial charge in [-0.1, -0.05) is 5.92 Å². The molecule has 1 aliphatic rings. The number of aromatic nitrogens is 2. The molecule has 2 rings (SSSR count). The summed E-state index contributed by atoms with van der Waals surface area (Å²) in [4.78, 5) is 15.7. The minimum absolute atomic E-state index is 0.0248. The maximum atomic E-state index is 12.0. The molecular weight excluding hydrogens is 278 g/mol. The van der Waals surface area contributed by atoms with Gasteiger partial charge in [0.25, 0.3) is 0 Å². The van der Waals surface area contributed by atoms with Crippen molar-refractivity contribution in [2.45, 2.75) is 31.5 Å². The monoisotopic (exact) mass is 295 g/mol. The van der Waals surface area contributed by atoms with E-state index in [-0.39, 0.29) is 5.82 Å². The Balaban J connectivity index is 2.47. The van der Waals surface area contributed by atoms with E-state index in [2.05, 4.69) is 16.8 Å². The van der Waals surface area contributed by atoms with Gasteiger partial charge in [-0.05, 0) is 6.92 Å². The second-order valence-corrected chi connectivity index (χ2v) is 4.54. The van der Waals surface area contributed by atoms with Crippen molar-refractivity contribution in [3.63, 3.8) is 0 Å². The third-order valence-electron chi connectivity index (χ3n) is 3.28. The Bertz CT molecular complexity index is 633. The quantitative estimate of drug-likeness (QED) is 0.578. The fourth-order valence-electron chi connectivity index (χ4n) is 2.24. The Morgan fingerprint density at radius 1 is 1.62 bits per heavy atom. The zero-order chi connectivity index (χ0) is 15.6. The Hall–Kier alpha value is -1.92. The number of hydrogen-bond donors (Lipinski definition) is 3. The number of anilines is 1. The molecule has 1 saturated heterocycles. The molecule has 4 N–H and O–H groups in total. The lowest BCUT2D eigenvalue weighted by molar-refractivity contribution is -0.0624. The average Bonchev–Trinajstić information content (AvgIpc) is 2.78. The van der Waals surface area contributed by atoms with Gasteiger partial charge in [0.1, 0.15) is 24.1 Å². The topological polar surface area (TPSA) is 120 Å². The summed E-state index contributed by atoms with van der Waals surface area (Å²) in [5.41, 5.74) is 5.36. The van der Waals surface area contributed by atoms with Crippen LogP contribution in [0, 0.1) is 11.8 Å². The van der Waals surface area contributed by atoms with Gasteiger partial charge in [0.15, 0.2) is 6.23 Å². The van der Waals surface area contributed by atoms with Crippen LogP contribution in [-0.2, 0) is 9.47 Å². The standard InChI is InChI=1S/C13H17N3O5/c1-3-4-7-5-16(13(19)15-11(7)14)12-10(20-2)9(18)8(6-17)21-12/h5,8-10,12,17-18H,6H2,1-2H3,(H2,14,15,19)/t8-,9-,10-,12-/m1/s1. The summed E-state index contributed by atoms with van der Waals surface area (Å²) in [6.45, 7) is 1.24. The Labute approximate surface area is 121 Å². The number of aliphatic hydroxyl groups excluding tert-OH is 2. The van der Waals surface area contributed by atoms with Gasteiger partial charge < -0.3 is 25.4 Å². The molecule has 1 aromatic heterocycles. The molecule has 0 spiro atoms. The molecule has 0 radical (unpaired) electrons. The van der Waals surface area contributed by atoms with Crippen LogP contribution >= 0.6 is 0 Å². The zero-order valence-corrected chi connectivity index (χ0v) is 11.7. The second-order valence-electron chi connectivity index (χ2n) is 4.54. The van der Waals surface area contributed by atoms with Gasteiger partial charge in [-0.15, -0.1) is 5.92 Å². The van der Waals surface area contributed by atoms with Crippen molar-refractivity contribution in [1.82, 2.24) is 9.55 Å². The lowest BCUT2D eigenvalue weighted by atomic mass is 10.1. The molecule has 0 amide bonds. The largest absolute Gasteiger partial charge is 0.394 e. The van der Waals surface area contributed by atoms with E-state index in [4.69, 9.17) is 15.2 Å². The first-order valence-electron chi connectivity index (χ1n) is 6.32. The maximum Gasteiger partial charge on any atom is 0.351 e. The van der Waals surface area contributed by atoms with Crippen LogP contribution < -0.4 is 11.4 Å². The smallest absolute Gasteiger partial charge is 0.351 e. The van der Waals surface area contributed by atoms with Crippen molar-refractivity contribution >= 4 is 5.82 Å². The highest BCUT2D eigenvalue weighted by atomic mass is 16.6. The van der Waals surface area contributed by atoms with Gasteiger partial charge in [0.05, 0.1) is 12.2 Å². The normalized spacial score (nSPS) is 28.2. The summed E-state index contributed by atoms with van der Waals surface area (Å²) in [6.07, 6.45) is -2.22. The first kappa shape index (κ1) is 15.5. The van der Waals surface area contributed by atoms with E-state index < -0.39 is 36.8 Å². The highest BCUT2D eigenvalue weighted by Gasteiger charge is 2.45. The average molecular weight is 295 g/mol. The molecule has 0 aromatic carbocycles. The van der Waals surface area contributed by atoms with E-state index in [1.165, 1.54) is 13.3 Å². The van der Waals surface area contributed by atoms with E-state index in [9.17, 15) is 15.0 Å². The number of hydrogen-bond acceptors (Lipinski definition) is 7. The van der Waals surface area contributed by atoms with Gasteiger partial charge >= 0.3 is 5.69 Å². The van der Waals surface area contributed by atoms with Gasteiger partial charge in [-0.3, -0.25) is 4.57 Å². The molecule has 0 saturated carbocycles. The Morgan fingerprint density at radius 3 is 2.90 bits per heavy atom. The first-order valence-corrected chi connectivity index (χ1v) is 6.32. The van der Waals surface area contributed by atoms with Gasteiger partial charge in [0, 0.05) is 13.3 Å². The summed E-state index contributed by atoms with van der Waals surface area (Å²) < 4.78 is 11.8. The molecular formula is C13H17N3O5. The maximum absolute atomic E-state index is 12.0. The number of rotatable bonds is 3. The first-order chi connectivity index (χ1) is 10.0. The molecule has 2 heterocycles. The summed E-state index contributed by atoms with van der Waals surface area (Å²) in [6, 6.07) is 0. The summed E-state index contributed by atoms with van der Waals surface area (Å²) in [5.74, 6) is 5.42. The molecule has 4 atom stereocenters. The van der Waals surface area contributed by atoms with Crippen LogP contribution in [0.3, 0.4) is 0 Å². The predicted octanol–water partition coefficient (Wildman–Crippen LogP) is -1.54. The van der Waals surface area contributed by atoms with Gasteiger partial charge in [-0.25, -0.2) is 4.79 Å². The van der Waals surface area contributed by atoms with E-state index >= 15 is 0 Å². The van der Waals surface area contributed by atoms with E-state index in [1.54, 1.807) is 6.92 Å². The molecule has 1 aromatic rings. The molecule has 8 heteroatoms. The number of nitrogens with zero attached hydrogens (tertiary/aromatic N) is 2. The molecule has 114 valence electrons. The third kappa shape index (κ3) is 2.77. The fraction of sp³-hybridized carbons (Fsp3) is 0.538. The minimum atomic E-state index is -1.06. The summed E-state index contributed by atoms with van der Waals surface area (Å²) in [7, 11) is 1.38. The van der Waals surface area contributed by atoms with Crippen LogP contribution in [-0.4, -0.2) is 51.8 Å². The highest BCUT2D eigenvalue weighted by Crippen LogP contribution is 2.30. The lowest BCUT2D eigenvalue weighted by Crippen LogP contribution is -2.37. The van der Waals surface area contributed by atoms with E-state index in [0.717, 1.165) is 4.57 Å². The van der Waals surface area contributed by atoms with Crippen molar-refractivity contribution in [1.29, 1.82) is 0 Å². The number of nitrogen functional groups attached to an aromatic ring is 1. The number of nitrogens with two attached hydrogens (primary N) is 1. The Kier molecular flexibility index (Phi) is 4.59. The molecule has 0 bridgehead atoms. The fourth-order valence-corrected chi connectivity index (χ4v) is 2.24. The SMILES string of the molecule is CC#Cc1cn([C@@H]2O[C@H](CO)[C@@H](O)[C@H]2OC)c(=O)nc1N. The van der Waals surface area contributed by atoms with Crippen LogP contribution in [0.4, 0.5) is 5.82 Å². The van der Waals surface area contributed by atoms with Crippen molar-refractivity contribution in [2.75, 3.05) is 19.5 Å².